The van der Waals surface area contributed by atoms with Crippen molar-refractivity contribution in [2.75, 3.05) is 0 Å². The second kappa shape index (κ2) is 18.5. The van der Waals surface area contributed by atoms with E-state index in [9.17, 15) is 0 Å². The summed E-state index contributed by atoms with van der Waals surface area (Å²) < 4.78 is 0. The third kappa shape index (κ3) is 11.5. The van der Waals surface area contributed by atoms with Crippen molar-refractivity contribution < 1.29 is 0 Å². The molecule has 0 bridgehead atoms. The van der Waals surface area contributed by atoms with E-state index in [-0.39, 0.29) is 0 Å². The molecule has 0 radical (unpaired) electrons. The van der Waals surface area contributed by atoms with E-state index >= 15 is 0 Å². The molecule has 0 atom stereocenters. The molecule has 0 heteroatoms. The van der Waals surface area contributed by atoms with Crippen LogP contribution in [0, 0.1) is 0 Å². The Labute approximate surface area is 209 Å². The van der Waals surface area contributed by atoms with Crippen molar-refractivity contribution in [1.29, 1.82) is 0 Å². The number of benzene rings is 1. The fraction of sp³-hybridized carbons (Fsp3) is 0.818. The second-order valence-corrected chi connectivity index (χ2v) is 11.4. The summed E-state index contributed by atoms with van der Waals surface area (Å²) in [5.74, 6) is 2.01. The van der Waals surface area contributed by atoms with E-state index in [0.717, 1.165) is 5.92 Å². The van der Waals surface area contributed by atoms with Crippen LogP contribution < -0.4 is 0 Å². The fourth-order valence-corrected chi connectivity index (χ4v) is 5.72. The van der Waals surface area contributed by atoms with Crippen molar-refractivity contribution in [3.8, 4) is 0 Å². The Morgan fingerprint density at radius 1 is 0.515 bits per heavy atom. The predicted molar refractivity (Wildman–Crippen MR) is 152 cm³/mol. The summed E-state index contributed by atoms with van der Waals surface area (Å²) in [7, 11) is 0. The lowest BCUT2D eigenvalue weighted by Crippen LogP contribution is -2.13. The van der Waals surface area contributed by atoms with Gasteiger partial charge in [-0.15, -0.1) is 0 Å². The zero-order valence-electron chi connectivity index (χ0n) is 23.9. The van der Waals surface area contributed by atoms with Gasteiger partial charge in [0, 0.05) is 0 Å². The number of aryl methyl sites for hydroxylation is 1. The smallest absolute Gasteiger partial charge is 0.0156 e. The summed E-state index contributed by atoms with van der Waals surface area (Å²) in [6.07, 6.45) is 23.5. The molecule has 0 aliphatic heterocycles. The molecule has 0 saturated heterocycles. The summed E-state index contributed by atoms with van der Waals surface area (Å²) >= 11 is 0. The summed E-state index contributed by atoms with van der Waals surface area (Å²) in [5.41, 5.74) is 6.86. The van der Waals surface area contributed by atoms with E-state index in [1.807, 2.05) is 0 Å². The van der Waals surface area contributed by atoms with Gasteiger partial charge in [0.15, 0.2) is 0 Å². The monoisotopic (exact) mass is 456 g/mol. The standard InChI is InChI=1S/C33H60/c1-8-11-14-17-18-21-24-30-25-26-31(27(4)5)33(32(30)28(6)7)29(22-19-15-12-9-2)23-20-16-13-10-3/h25-29H,8-24H2,1-7H3. The zero-order valence-corrected chi connectivity index (χ0v) is 23.9. The number of unbranched alkanes of at least 4 members (excludes halogenated alkanes) is 11. The van der Waals surface area contributed by atoms with E-state index in [2.05, 4.69) is 60.6 Å². The van der Waals surface area contributed by atoms with Gasteiger partial charge in [-0.1, -0.05) is 144 Å². The summed E-state index contributed by atoms with van der Waals surface area (Å²) in [6.45, 7) is 16.7. The van der Waals surface area contributed by atoms with Crippen LogP contribution in [-0.4, -0.2) is 0 Å². The molecule has 0 nitrogen and oxygen atoms in total. The third-order valence-electron chi connectivity index (χ3n) is 7.63. The fourth-order valence-electron chi connectivity index (χ4n) is 5.72. The number of hydrogen-bond acceptors (Lipinski definition) is 0. The van der Waals surface area contributed by atoms with E-state index in [4.69, 9.17) is 0 Å². The quantitative estimate of drug-likeness (QED) is 0.171. The molecule has 0 unspecified atom stereocenters. The highest BCUT2D eigenvalue weighted by atomic mass is 14.3. The lowest BCUT2D eigenvalue weighted by molar-refractivity contribution is 0.487. The largest absolute Gasteiger partial charge is 0.0654 e. The molecule has 1 aromatic rings. The molecule has 0 aliphatic carbocycles. The molecular formula is C33H60. The minimum Gasteiger partial charge on any atom is -0.0654 e. The molecule has 0 N–H and O–H groups in total. The molecule has 1 rings (SSSR count). The van der Waals surface area contributed by atoms with Crippen molar-refractivity contribution in [1.82, 2.24) is 0 Å². The van der Waals surface area contributed by atoms with Crippen molar-refractivity contribution in [3.05, 3.63) is 34.4 Å². The summed E-state index contributed by atoms with van der Waals surface area (Å²) in [4.78, 5) is 0. The van der Waals surface area contributed by atoms with Crippen molar-refractivity contribution in [2.45, 2.75) is 175 Å². The average Bonchev–Trinajstić information content (AvgIpc) is 2.79. The van der Waals surface area contributed by atoms with Gasteiger partial charge in [0.25, 0.3) is 0 Å². The van der Waals surface area contributed by atoms with Crippen molar-refractivity contribution in [2.24, 2.45) is 0 Å². The Morgan fingerprint density at radius 2 is 1.00 bits per heavy atom. The van der Waals surface area contributed by atoms with Crippen LogP contribution in [0.2, 0.25) is 0 Å². The number of hydrogen-bond donors (Lipinski definition) is 0. The highest BCUT2D eigenvalue weighted by Crippen LogP contribution is 2.41. The Kier molecular flexibility index (Phi) is 17.0. The molecule has 0 saturated carbocycles. The van der Waals surface area contributed by atoms with Gasteiger partial charge in [-0.3, -0.25) is 0 Å². The predicted octanol–water partition coefficient (Wildman–Crippen LogP) is 11.9. The zero-order chi connectivity index (χ0) is 24.5. The molecule has 1 aromatic carbocycles. The van der Waals surface area contributed by atoms with Crippen LogP contribution >= 0.6 is 0 Å². The molecule has 0 fully saturated rings. The van der Waals surface area contributed by atoms with Crippen LogP contribution in [0.4, 0.5) is 0 Å². The maximum atomic E-state index is 2.53. The molecule has 0 heterocycles. The second-order valence-electron chi connectivity index (χ2n) is 11.4. The minimum absolute atomic E-state index is 0.620. The van der Waals surface area contributed by atoms with Crippen molar-refractivity contribution in [3.63, 3.8) is 0 Å². The van der Waals surface area contributed by atoms with Crippen LogP contribution in [0.15, 0.2) is 12.1 Å². The van der Waals surface area contributed by atoms with E-state index in [0.29, 0.717) is 11.8 Å². The summed E-state index contributed by atoms with van der Waals surface area (Å²) in [5, 5.41) is 0. The maximum absolute atomic E-state index is 2.53. The highest BCUT2D eigenvalue weighted by molar-refractivity contribution is 5.46. The topological polar surface area (TPSA) is 0 Å². The Hall–Kier alpha value is -0.780. The van der Waals surface area contributed by atoms with Gasteiger partial charge in [-0.25, -0.2) is 0 Å². The Balaban J connectivity index is 3.18. The lowest BCUT2D eigenvalue weighted by Gasteiger charge is -2.29. The van der Waals surface area contributed by atoms with Gasteiger partial charge in [-0.05, 0) is 65.7 Å². The molecule has 0 aliphatic rings. The molecule has 33 heavy (non-hydrogen) atoms. The highest BCUT2D eigenvalue weighted by Gasteiger charge is 2.24. The van der Waals surface area contributed by atoms with E-state index in [1.54, 1.807) is 22.3 Å². The van der Waals surface area contributed by atoms with E-state index in [1.165, 1.54) is 109 Å². The van der Waals surface area contributed by atoms with Gasteiger partial charge < -0.3 is 0 Å². The maximum Gasteiger partial charge on any atom is -0.0156 e. The van der Waals surface area contributed by atoms with Crippen LogP contribution in [0.3, 0.4) is 0 Å². The summed E-state index contributed by atoms with van der Waals surface area (Å²) in [6, 6.07) is 5.05. The molecular weight excluding hydrogens is 396 g/mol. The first-order valence-corrected chi connectivity index (χ1v) is 15.1. The van der Waals surface area contributed by atoms with Gasteiger partial charge in [0.2, 0.25) is 0 Å². The van der Waals surface area contributed by atoms with Gasteiger partial charge >= 0.3 is 0 Å². The SMILES string of the molecule is CCCCCCCCc1ccc(C(C)C)c(C(CCCCCC)CCCCCC)c1C(C)C. The van der Waals surface area contributed by atoms with Crippen LogP contribution in [0.25, 0.3) is 0 Å². The van der Waals surface area contributed by atoms with Gasteiger partial charge in [0.05, 0.1) is 0 Å². The molecule has 0 aromatic heterocycles. The Bertz CT molecular complexity index is 582. The van der Waals surface area contributed by atoms with Crippen LogP contribution in [-0.2, 0) is 6.42 Å². The van der Waals surface area contributed by atoms with Crippen LogP contribution in [0.5, 0.6) is 0 Å². The van der Waals surface area contributed by atoms with Gasteiger partial charge in [-0.2, -0.15) is 0 Å². The first-order chi connectivity index (χ1) is 16.0. The normalized spacial score (nSPS) is 11.9. The third-order valence-corrected chi connectivity index (χ3v) is 7.63. The first-order valence-electron chi connectivity index (χ1n) is 15.1. The molecule has 0 amide bonds. The lowest BCUT2D eigenvalue weighted by atomic mass is 9.75. The number of rotatable bonds is 20. The Morgan fingerprint density at radius 3 is 1.48 bits per heavy atom. The molecule has 192 valence electrons. The van der Waals surface area contributed by atoms with Gasteiger partial charge in [0.1, 0.15) is 0 Å². The van der Waals surface area contributed by atoms with Crippen LogP contribution in [0.1, 0.15) is 191 Å². The minimum atomic E-state index is 0.620. The van der Waals surface area contributed by atoms with E-state index < -0.39 is 0 Å². The molecule has 0 spiro atoms. The average molecular weight is 457 g/mol. The van der Waals surface area contributed by atoms with Crippen molar-refractivity contribution >= 4 is 0 Å². The first kappa shape index (κ1) is 30.3.